The van der Waals surface area contributed by atoms with Gasteiger partial charge in [0.25, 0.3) is 0 Å². The lowest BCUT2D eigenvalue weighted by Crippen LogP contribution is -1.88. The van der Waals surface area contributed by atoms with Crippen LogP contribution in [0.2, 0.25) is 0 Å². The molecule has 1 rings (SSSR count). The van der Waals surface area contributed by atoms with Crippen LogP contribution in [0.1, 0.15) is 16.7 Å². The van der Waals surface area contributed by atoms with E-state index in [2.05, 4.69) is 38.6 Å². The lowest BCUT2D eigenvalue weighted by Gasteiger charge is -2.04. The summed E-state index contributed by atoms with van der Waals surface area (Å²) in [5.41, 5.74) is 4.15. The van der Waals surface area contributed by atoms with Crippen molar-refractivity contribution in [1.29, 1.82) is 0 Å². The van der Waals surface area contributed by atoms with Crippen LogP contribution in [-0.2, 0) is 6.42 Å². The summed E-state index contributed by atoms with van der Waals surface area (Å²) in [6.07, 6.45) is 2.93. The largest absolute Gasteiger partial charge is 0.147 e. The maximum atomic E-state index is 3.73. The quantitative estimate of drug-likeness (QED) is 0.615. The number of halogens is 1. The normalized spacial score (nSPS) is 8.83. The van der Waals surface area contributed by atoms with Gasteiger partial charge in [0.1, 0.15) is 0 Å². The molecule has 0 aliphatic heterocycles. The van der Waals surface area contributed by atoms with Crippen molar-refractivity contribution in [2.24, 2.45) is 0 Å². The minimum Gasteiger partial charge on any atom is -0.147 e. The van der Waals surface area contributed by atoms with Gasteiger partial charge in [0.05, 0.1) is 0 Å². The highest BCUT2D eigenvalue weighted by molar-refractivity contribution is 5.85. The molecule has 0 N–H and O–H groups in total. The van der Waals surface area contributed by atoms with Crippen LogP contribution in [0.25, 0.3) is 0 Å². The Kier molecular flexibility index (Phi) is 4.68. The van der Waals surface area contributed by atoms with Gasteiger partial charge in [0.15, 0.2) is 0 Å². The maximum absolute atomic E-state index is 3.73. The van der Waals surface area contributed by atoms with E-state index in [1.807, 2.05) is 6.08 Å². The van der Waals surface area contributed by atoms with Gasteiger partial charge in [-0.2, -0.15) is 0 Å². The highest BCUT2D eigenvalue weighted by Crippen LogP contribution is 2.12. The van der Waals surface area contributed by atoms with Crippen molar-refractivity contribution in [3.63, 3.8) is 0 Å². The molecule has 0 fully saturated rings. The van der Waals surface area contributed by atoms with Crippen molar-refractivity contribution >= 4 is 12.4 Å². The summed E-state index contributed by atoms with van der Waals surface area (Å²) in [4.78, 5) is 0. The van der Waals surface area contributed by atoms with E-state index in [0.717, 1.165) is 6.42 Å². The molecule has 0 amide bonds. The predicted molar refractivity (Wildman–Crippen MR) is 57.1 cm³/mol. The van der Waals surface area contributed by atoms with Crippen LogP contribution in [0.15, 0.2) is 30.9 Å². The molecule has 0 saturated heterocycles. The molecule has 0 heterocycles. The van der Waals surface area contributed by atoms with E-state index in [1.165, 1.54) is 16.7 Å². The van der Waals surface area contributed by atoms with Crippen molar-refractivity contribution in [2.45, 2.75) is 20.3 Å². The smallest absolute Gasteiger partial charge is 0.00974 e. The molecule has 66 valence electrons. The Morgan fingerprint density at radius 3 is 2.58 bits per heavy atom. The van der Waals surface area contributed by atoms with Gasteiger partial charge < -0.3 is 0 Å². The van der Waals surface area contributed by atoms with Crippen molar-refractivity contribution in [3.05, 3.63) is 47.5 Å². The highest BCUT2D eigenvalue weighted by atomic mass is 35.5. The molecular weight excluding hydrogens is 168 g/mol. The summed E-state index contributed by atoms with van der Waals surface area (Å²) in [7, 11) is 0. The van der Waals surface area contributed by atoms with Crippen molar-refractivity contribution in [1.82, 2.24) is 0 Å². The van der Waals surface area contributed by atoms with Gasteiger partial charge in [0, 0.05) is 0 Å². The Morgan fingerprint density at radius 2 is 2.00 bits per heavy atom. The van der Waals surface area contributed by atoms with Crippen LogP contribution >= 0.6 is 12.4 Å². The Balaban J connectivity index is 0.00000121. The van der Waals surface area contributed by atoms with Crippen LogP contribution < -0.4 is 0 Å². The average Bonchev–Trinajstić information content (AvgIpc) is 1.99. The minimum atomic E-state index is 0. The maximum Gasteiger partial charge on any atom is -0.00974 e. The zero-order chi connectivity index (χ0) is 8.27. The van der Waals surface area contributed by atoms with E-state index in [-0.39, 0.29) is 12.4 Å². The lowest BCUT2D eigenvalue weighted by atomic mass is 10.0. The summed E-state index contributed by atoms with van der Waals surface area (Å²) in [5.74, 6) is 0. The van der Waals surface area contributed by atoms with Gasteiger partial charge in [-0.05, 0) is 37.0 Å². The standard InChI is InChI=1S/C11H14.ClH/c1-4-6-11-8-5-7-9(2)10(11)3;/h4-5,7-8H,1,6H2,2-3H3;1H. The third-order valence-electron chi connectivity index (χ3n) is 2.08. The van der Waals surface area contributed by atoms with Crippen LogP contribution in [-0.4, -0.2) is 0 Å². The Bertz CT molecular complexity index is 264. The van der Waals surface area contributed by atoms with Gasteiger partial charge in [-0.1, -0.05) is 24.3 Å². The number of rotatable bonds is 2. The van der Waals surface area contributed by atoms with Crippen molar-refractivity contribution in [3.8, 4) is 0 Å². The van der Waals surface area contributed by atoms with E-state index in [9.17, 15) is 0 Å². The first kappa shape index (κ1) is 11.2. The monoisotopic (exact) mass is 182 g/mol. The van der Waals surface area contributed by atoms with Crippen molar-refractivity contribution < 1.29 is 0 Å². The van der Waals surface area contributed by atoms with Crippen LogP contribution in [0.5, 0.6) is 0 Å². The molecule has 1 heteroatoms. The Morgan fingerprint density at radius 1 is 1.33 bits per heavy atom. The molecule has 0 nitrogen and oxygen atoms in total. The van der Waals surface area contributed by atoms with Crippen LogP contribution in [0.3, 0.4) is 0 Å². The summed E-state index contributed by atoms with van der Waals surface area (Å²) < 4.78 is 0. The van der Waals surface area contributed by atoms with E-state index in [4.69, 9.17) is 0 Å². The fourth-order valence-electron chi connectivity index (χ4n) is 1.19. The second-order valence-electron chi connectivity index (χ2n) is 2.85. The van der Waals surface area contributed by atoms with Crippen molar-refractivity contribution in [2.75, 3.05) is 0 Å². The number of benzene rings is 1. The number of aryl methyl sites for hydroxylation is 1. The van der Waals surface area contributed by atoms with E-state index < -0.39 is 0 Å². The van der Waals surface area contributed by atoms with E-state index in [0.29, 0.717) is 0 Å². The lowest BCUT2D eigenvalue weighted by molar-refractivity contribution is 1.18. The Hall–Kier alpha value is -0.750. The zero-order valence-corrected chi connectivity index (χ0v) is 8.45. The molecule has 12 heavy (non-hydrogen) atoms. The number of hydrogen-bond donors (Lipinski definition) is 0. The van der Waals surface area contributed by atoms with E-state index >= 15 is 0 Å². The molecule has 0 saturated carbocycles. The second kappa shape index (κ2) is 5.00. The summed E-state index contributed by atoms with van der Waals surface area (Å²) >= 11 is 0. The first-order valence-corrected chi connectivity index (χ1v) is 3.91. The molecule has 1 aromatic carbocycles. The van der Waals surface area contributed by atoms with Gasteiger partial charge in [0.2, 0.25) is 0 Å². The number of allylic oxidation sites excluding steroid dienone is 1. The predicted octanol–water partition coefficient (Wildman–Crippen LogP) is 3.45. The third-order valence-corrected chi connectivity index (χ3v) is 2.08. The SMILES string of the molecule is C=CCc1cccc(C)c1C.Cl. The molecule has 0 atom stereocenters. The third kappa shape index (κ3) is 2.38. The van der Waals surface area contributed by atoms with Gasteiger partial charge in [-0.15, -0.1) is 19.0 Å². The van der Waals surface area contributed by atoms with Gasteiger partial charge in [-0.25, -0.2) is 0 Å². The van der Waals surface area contributed by atoms with E-state index in [1.54, 1.807) is 0 Å². The van der Waals surface area contributed by atoms with Gasteiger partial charge in [-0.3, -0.25) is 0 Å². The average molecular weight is 183 g/mol. The summed E-state index contributed by atoms with van der Waals surface area (Å²) in [6.45, 7) is 8.03. The zero-order valence-electron chi connectivity index (χ0n) is 7.63. The topological polar surface area (TPSA) is 0 Å². The molecule has 0 unspecified atom stereocenters. The molecule has 0 bridgehead atoms. The second-order valence-corrected chi connectivity index (χ2v) is 2.85. The molecular formula is C11H15Cl. The fraction of sp³-hybridized carbons (Fsp3) is 0.273. The summed E-state index contributed by atoms with van der Waals surface area (Å²) in [5, 5.41) is 0. The van der Waals surface area contributed by atoms with Crippen LogP contribution in [0, 0.1) is 13.8 Å². The summed E-state index contributed by atoms with van der Waals surface area (Å²) in [6, 6.07) is 6.40. The minimum absolute atomic E-state index is 0. The molecule has 1 aromatic rings. The highest BCUT2D eigenvalue weighted by Gasteiger charge is 1.96. The molecule has 0 aliphatic carbocycles. The molecule has 0 aromatic heterocycles. The van der Waals surface area contributed by atoms with Crippen LogP contribution in [0.4, 0.5) is 0 Å². The molecule has 0 radical (unpaired) electrons. The fourth-order valence-corrected chi connectivity index (χ4v) is 1.19. The molecule has 0 spiro atoms. The molecule has 0 aliphatic rings. The first-order chi connectivity index (χ1) is 5.25. The van der Waals surface area contributed by atoms with Gasteiger partial charge >= 0.3 is 0 Å². The Labute approximate surface area is 80.7 Å². The number of hydrogen-bond acceptors (Lipinski definition) is 0. The first-order valence-electron chi connectivity index (χ1n) is 3.91.